The van der Waals surface area contributed by atoms with E-state index in [9.17, 15) is 4.79 Å². The topological polar surface area (TPSA) is 46.3 Å². The molecule has 0 aromatic carbocycles. The van der Waals surface area contributed by atoms with Gasteiger partial charge in [-0.1, -0.05) is 11.6 Å². The third-order valence-electron chi connectivity index (χ3n) is 1.70. The van der Waals surface area contributed by atoms with Crippen LogP contribution in [0, 0.1) is 0 Å². The monoisotopic (exact) mass is 185 g/mol. The Labute approximate surface area is 76.5 Å². The van der Waals surface area contributed by atoms with Crippen molar-refractivity contribution in [3.63, 3.8) is 0 Å². The Bertz CT molecular complexity index is 245. The van der Waals surface area contributed by atoms with E-state index in [1.807, 2.05) is 0 Å². The Kier molecular flexibility index (Phi) is 2.55. The maximum Gasteiger partial charge on any atom is 0.242 e. The SMILES string of the molecule is C[C@](N)([C]=O)N1C=CC(Cl)=CC1. The molecule has 3 nitrogen and oxygen atoms in total. The lowest BCUT2D eigenvalue weighted by molar-refractivity contribution is 0.255. The Morgan fingerprint density at radius 3 is 2.92 bits per heavy atom. The lowest BCUT2D eigenvalue weighted by Crippen LogP contribution is -2.52. The highest BCUT2D eigenvalue weighted by molar-refractivity contribution is 6.31. The molecule has 2 N–H and O–H groups in total. The summed E-state index contributed by atoms with van der Waals surface area (Å²) in [6, 6.07) is 0. The molecule has 0 aromatic rings. The molecular formula is C8H10ClN2O. The zero-order valence-corrected chi connectivity index (χ0v) is 7.51. The molecule has 0 amide bonds. The standard InChI is InChI=1S/C8H10ClN2O/c1-8(10,6-12)11-4-2-7(9)3-5-11/h2-4H,5,10H2,1H3/t8-/m1/s1. The first kappa shape index (κ1) is 9.29. The molecule has 1 aliphatic rings. The smallest absolute Gasteiger partial charge is 0.242 e. The molecule has 65 valence electrons. The molecule has 4 heteroatoms. The Balaban J connectivity index is 2.70. The van der Waals surface area contributed by atoms with Gasteiger partial charge in [0.25, 0.3) is 0 Å². The largest absolute Gasteiger partial charge is 0.350 e. The van der Waals surface area contributed by atoms with Gasteiger partial charge < -0.3 is 10.6 Å². The second-order valence-electron chi connectivity index (χ2n) is 2.81. The fraction of sp³-hybridized carbons (Fsp3) is 0.375. The van der Waals surface area contributed by atoms with Gasteiger partial charge in [-0.25, -0.2) is 0 Å². The number of halogens is 1. The van der Waals surface area contributed by atoms with Gasteiger partial charge in [0.15, 0.2) is 5.66 Å². The molecule has 1 heterocycles. The van der Waals surface area contributed by atoms with Crippen LogP contribution >= 0.6 is 11.6 Å². The van der Waals surface area contributed by atoms with Crippen LogP contribution in [0.2, 0.25) is 0 Å². The Morgan fingerprint density at radius 2 is 2.50 bits per heavy atom. The number of nitrogens with two attached hydrogens (primary N) is 1. The highest BCUT2D eigenvalue weighted by atomic mass is 35.5. The van der Waals surface area contributed by atoms with Crippen molar-refractivity contribution in [2.75, 3.05) is 6.54 Å². The minimum absolute atomic E-state index is 0.539. The summed E-state index contributed by atoms with van der Waals surface area (Å²) in [7, 11) is 0. The van der Waals surface area contributed by atoms with Crippen molar-refractivity contribution in [2.45, 2.75) is 12.6 Å². The van der Waals surface area contributed by atoms with Crippen molar-refractivity contribution in [3.8, 4) is 0 Å². The van der Waals surface area contributed by atoms with Crippen LogP contribution in [0.4, 0.5) is 0 Å². The van der Waals surface area contributed by atoms with Gasteiger partial charge in [0.1, 0.15) is 0 Å². The molecule has 0 unspecified atom stereocenters. The van der Waals surface area contributed by atoms with Gasteiger partial charge in [-0.15, -0.1) is 0 Å². The number of rotatable bonds is 2. The van der Waals surface area contributed by atoms with Crippen molar-refractivity contribution in [1.29, 1.82) is 0 Å². The molecule has 0 saturated heterocycles. The van der Waals surface area contributed by atoms with Crippen molar-refractivity contribution in [2.24, 2.45) is 5.73 Å². The van der Waals surface area contributed by atoms with Crippen LogP contribution in [-0.2, 0) is 4.79 Å². The zero-order valence-electron chi connectivity index (χ0n) is 6.75. The highest BCUT2D eigenvalue weighted by Gasteiger charge is 2.25. The van der Waals surface area contributed by atoms with Gasteiger partial charge >= 0.3 is 0 Å². The summed E-state index contributed by atoms with van der Waals surface area (Å²) in [4.78, 5) is 12.1. The van der Waals surface area contributed by atoms with Gasteiger partial charge in [0.05, 0.1) is 0 Å². The molecule has 0 aliphatic carbocycles. The minimum atomic E-state index is -1.06. The minimum Gasteiger partial charge on any atom is -0.350 e. The molecular weight excluding hydrogens is 176 g/mol. The summed E-state index contributed by atoms with van der Waals surface area (Å²) < 4.78 is 0. The van der Waals surface area contributed by atoms with E-state index >= 15 is 0 Å². The molecule has 0 bridgehead atoms. The number of nitrogens with zero attached hydrogens (tertiary/aromatic N) is 1. The van der Waals surface area contributed by atoms with E-state index in [2.05, 4.69) is 0 Å². The first-order valence-corrected chi connectivity index (χ1v) is 3.93. The van der Waals surface area contributed by atoms with Crippen LogP contribution < -0.4 is 5.73 Å². The first-order valence-electron chi connectivity index (χ1n) is 3.55. The summed E-state index contributed by atoms with van der Waals surface area (Å²) in [5.74, 6) is 0. The quantitative estimate of drug-likeness (QED) is 0.690. The molecule has 0 aromatic heterocycles. The zero-order chi connectivity index (χ0) is 9.19. The summed E-state index contributed by atoms with van der Waals surface area (Å²) in [6.07, 6.45) is 6.91. The average molecular weight is 186 g/mol. The molecule has 12 heavy (non-hydrogen) atoms. The predicted octanol–water partition coefficient (Wildman–Crippen LogP) is 0.723. The summed E-state index contributed by atoms with van der Waals surface area (Å²) in [6.45, 7) is 2.13. The van der Waals surface area contributed by atoms with E-state index in [-0.39, 0.29) is 0 Å². The number of hydrogen-bond donors (Lipinski definition) is 1. The third-order valence-corrected chi connectivity index (χ3v) is 1.98. The Hall–Kier alpha value is -0.800. The molecule has 0 fully saturated rings. The summed E-state index contributed by atoms with van der Waals surface area (Å²) >= 11 is 5.68. The van der Waals surface area contributed by atoms with Crippen LogP contribution in [0.5, 0.6) is 0 Å². The van der Waals surface area contributed by atoms with Crippen molar-refractivity contribution < 1.29 is 4.79 Å². The Morgan fingerprint density at radius 1 is 1.83 bits per heavy atom. The molecule has 1 aliphatic heterocycles. The summed E-state index contributed by atoms with van der Waals surface area (Å²) in [5.41, 5.74) is 4.55. The van der Waals surface area contributed by atoms with E-state index in [1.54, 1.807) is 36.5 Å². The number of hydrogen-bond acceptors (Lipinski definition) is 3. The maximum atomic E-state index is 10.4. The molecule has 0 saturated carbocycles. The number of carbonyl (C=O) groups excluding carboxylic acids is 1. The van der Waals surface area contributed by atoms with Gasteiger partial charge in [-0.2, -0.15) is 0 Å². The van der Waals surface area contributed by atoms with Crippen LogP contribution in [0.25, 0.3) is 0 Å². The predicted molar refractivity (Wildman–Crippen MR) is 48.1 cm³/mol. The van der Waals surface area contributed by atoms with E-state index in [4.69, 9.17) is 17.3 Å². The van der Waals surface area contributed by atoms with Crippen molar-refractivity contribution in [3.05, 3.63) is 23.4 Å². The molecule has 1 atom stereocenters. The average Bonchev–Trinajstić information content (AvgIpc) is 2.05. The second-order valence-corrected chi connectivity index (χ2v) is 3.24. The summed E-state index contributed by atoms with van der Waals surface area (Å²) in [5, 5.41) is 0.660. The maximum absolute atomic E-state index is 10.4. The van der Waals surface area contributed by atoms with Crippen LogP contribution in [0.3, 0.4) is 0 Å². The van der Waals surface area contributed by atoms with Gasteiger partial charge in [0.2, 0.25) is 6.29 Å². The normalized spacial score (nSPS) is 21.6. The van der Waals surface area contributed by atoms with Crippen LogP contribution in [0.1, 0.15) is 6.92 Å². The van der Waals surface area contributed by atoms with Crippen molar-refractivity contribution >= 4 is 17.9 Å². The van der Waals surface area contributed by atoms with Gasteiger partial charge in [-0.05, 0) is 19.1 Å². The lowest BCUT2D eigenvalue weighted by atomic mass is 10.2. The van der Waals surface area contributed by atoms with E-state index in [1.165, 1.54) is 0 Å². The number of allylic oxidation sites excluding steroid dienone is 2. The first-order chi connectivity index (χ1) is 5.56. The third kappa shape index (κ3) is 1.87. The van der Waals surface area contributed by atoms with E-state index < -0.39 is 5.66 Å². The van der Waals surface area contributed by atoms with Gasteiger partial charge in [0, 0.05) is 17.8 Å². The van der Waals surface area contributed by atoms with E-state index in [0.29, 0.717) is 11.6 Å². The molecule has 0 spiro atoms. The fourth-order valence-corrected chi connectivity index (χ4v) is 1.00. The van der Waals surface area contributed by atoms with Crippen LogP contribution in [0.15, 0.2) is 23.4 Å². The molecule has 1 radical (unpaired) electrons. The van der Waals surface area contributed by atoms with Crippen molar-refractivity contribution in [1.82, 2.24) is 4.90 Å². The molecule has 1 rings (SSSR count). The second kappa shape index (κ2) is 3.29. The van der Waals surface area contributed by atoms with Crippen LogP contribution in [-0.4, -0.2) is 23.4 Å². The van der Waals surface area contributed by atoms with Gasteiger partial charge in [-0.3, -0.25) is 4.79 Å². The highest BCUT2D eigenvalue weighted by Crippen LogP contribution is 2.15. The fourth-order valence-electron chi connectivity index (χ4n) is 0.879. The lowest BCUT2D eigenvalue weighted by Gasteiger charge is -2.32. The van der Waals surface area contributed by atoms with E-state index in [0.717, 1.165) is 0 Å².